The van der Waals surface area contributed by atoms with E-state index in [1.165, 1.54) is 11.3 Å². The molecule has 0 radical (unpaired) electrons. The van der Waals surface area contributed by atoms with Gasteiger partial charge in [0.05, 0.1) is 5.69 Å². The van der Waals surface area contributed by atoms with Crippen LogP contribution in [-0.2, 0) is 4.74 Å². The van der Waals surface area contributed by atoms with Crippen LogP contribution in [0.4, 0.5) is 5.69 Å². The summed E-state index contributed by atoms with van der Waals surface area (Å²) in [5.41, 5.74) is 6.89. The van der Waals surface area contributed by atoms with Gasteiger partial charge in [0.2, 0.25) is 0 Å². The van der Waals surface area contributed by atoms with Gasteiger partial charge >= 0.3 is 5.97 Å². The number of nitrogens with two attached hydrogens (primary N) is 1. The Balaban J connectivity index is 2.30. The average molecular weight is 354 g/mol. The highest BCUT2D eigenvalue weighted by Gasteiger charge is 2.22. The summed E-state index contributed by atoms with van der Waals surface area (Å²) in [6.07, 6.45) is 0. The predicted molar refractivity (Wildman–Crippen MR) is 87.0 cm³/mol. The molecule has 0 aliphatic heterocycles. The van der Waals surface area contributed by atoms with Crippen molar-refractivity contribution in [1.29, 1.82) is 0 Å². The van der Waals surface area contributed by atoms with E-state index in [-0.39, 0.29) is 5.97 Å². The summed E-state index contributed by atoms with van der Waals surface area (Å²) in [7, 11) is 0. The molecular weight excluding hydrogens is 338 g/mol. The van der Waals surface area contributed by atoms with Gasteiger partial charge in [0.1, 0.15) is 10.5 Å². The number of anilines is 1. The molecule has 0 spiro atoms. The molecule has 2 rings (SSSR count). The van der Waals surface area contributed by atoms with Gasteiger partial charge in [-0.2, -0.15) is 0 Å². The molecule has 1 aromatic carbocycles. The minimum atomic E-state index is -0.523. The van der Waals surface area contributed by atoms with Crippen molar-refractivity contribution in [2.45, 2.75) is 26.4 Å². The topological polar surface area (TPSA) is 52.3 Å². The van der Waals surface area contributed by atoms with Crippen molar-refractivity contribution in [2.24, 2.45) is 0 Å². The zero-order valence-corrected chi connectivity index (χ0v) is 14.0. The van der Waals surface area contributed by atoms with Gasteiger partial charge in [-0.25, -0.2) is 4.79 Å². The van der Waals surface area contributed by atoms with Crippen LogP contribution in [0.25, 0.3) is 10.4 Å². The molecule has 5 heteroatoms. The fraction of sp³-hybridized carbons (Fsp3) is 0.267. The minimum absolute atomic E-state index is 0.372. The Bertz CT molecular complexity index is 626. The third-order valence-electron chi connectivity index (χ3n) is 2.47. The molecule has 106 valence electrons. The van der Waals surface area contributed by atoms with Gasteiger partial charge in [-0.05, 0) is 44.5 Å². The standard InChI is InChI=1S/C15H16BrNO2S/c1-15(2,3)19-14(18)13-11(17)8-12(20-13)9-4-6-10(16)7-5-9/h4-8H,17H2,1-3H3. The fourth-order valence-electron chi connectivity index (χ4n) is 1.65. The first kappa shape index (κ1) is 15.1. The molecule has 20 heavy (non-hydrogen) atoms. The van der Waals surface area contributed by atoms with Crippen molar-refractivity contribution >= 4 is 38.9 Å². The average Bonchev–Trinajstić information content (AvgIpc) is 2.70. The largest absolute Gasteiger partial charge is 0.456 e. The van der Waals surface area contributed by atoms with Crippen LogP contribution in [0, 0.1) is 0 Å². The first-order valence-corrected chi connectivity index (χ1v) is 7.76. The van der Waals surface area contributed by atoms with E-state index in [9.17, 15) is 4.79 Å². The fourth-order valence-corrected chi connectivity index (χ4v) is 2.87. The van der Waals surface area contributed by atoms with Gasteiger partial charge in [-0.15, -0.1) is 11.3 Å². The number of halogens is 1. The van der Waals surface area contributed by atoms with Gasteiger partial charge in [-0.1, -0.05) is 28.1 Å². The second kappa shape index (κ2) is 5.58. The molecule has 0 unspecified atom stereocenters. The second-order valence-electron chi connectivity index (χ2n) is 5.40. The molecule has 1 heterocycles. The monoisotopic (exact) mass is 353 g/mol. The van der Waals surface area contributed by atoms with E-state index >= 15 is 0 Å². The number of hydrogen-bond donors (Lipinski definition) is 1. The van der Waals surface area contributed by atoms with Gasteiger partial charge in [0.25, 0.3) is 0 Å². The summed E-state index contributed by atoms with van der Waals surface area (Å²) in [4.78, 5) is 13.5. The highest BCUT2D eigenvalue weighted by Crippen LogP contribution is 2.34. The van der Waals surface area contributed by atoms with Crippen LogP contribution in [0.2, 0.25) is 0 Å². The Morgan fingerprint density at radius 3 is 2.40 bits per heavy atom. The van der Waals surface area contributed by atoms with E-state index in [0.717, 1.165) is 14.9 Å². The first-order valence-electron chi connectivity index (χ1n) is 6.15. The SMILES string of the molecule is CC(C)(C)OC(=O)c1sc(-c2ccc(Br)cc2)cc1N. The minimum Gasteiger partial charge on any atom is -0.456 e. The van der Waals surface area contributed by atoms with Crippen LogP contribution in [0.3, 0.4) is 0 Å². The molecule has 0 fully saturated rings. The second-order valence-corrected chi connectivity index (χ2v) is 7.37. The smallest absolute Gasteiger partial charge is 0.350 e. The number of rotatable bonds is 2. The number of benzene rings is 1. The summed E-state index contributed by atoms with van der Waals surface area (Å²) in [5, 5.41) is 0. The Morgan fingerprint density at radius 1 is 1.25 bits per heavy atom. The first-order chi connectivity index (χ1) is 9.26. The van der Waals surface area contributed by atoms with E-state index in [1.807, 2.05) is 51.1 Å². The number of esters is 1. The van der Waals surface area contributed by atoms with Crippen molar-refractivity contribution in [2.75, 3.05) is 5.73 Å². The molecule has 0 saturated carbocycles. The van der Waals surface area contributed by atoms with Crippen molar-refractivity contribution in [3.63, 3.8) is 0 Å². The maximum atomic E-state index is 12.1. The lowest BCUT2D eigenvalue weighted by Gasteiger charge is -2.18. The van der Waals surface area contributed by atoms with Crippen LogP contribution in [0.5, 0.6) is 0 Å². The number of ether oxygens (including phenoxy) is 1. The maximum absolute atomic E-state index is 12.1. The number of thiophene rings is 1. The lowest BCUT2D eigenvalue weighted by Crippen LogP contribution is -2.23. The quantitative estimate of drug-likeness (QED) is 0.795. The van der Waals surface area contributed by atoms with Gasteiger partial charge in [0.15, 0.2) is 0 Å². The lowest BCUT2D eigenvalue weighted by molar-refractivity contribution is 0.00764. The lowest BCUT2D eigenvalue weighted by atomic mass is 10.2. The number of nitrogen functional groups attached to an aromatic ring is 1. The van der Waals surface area contributed by atoms with Crippen LogP contribution >= 0.6 is 27.3 Å². The third kappa shape index (κ3) is 3.61. The third-order valence-corrected chi connectivity index (χ3v) is 4.18. The van der Waals surface area contributed by atoms with Gasteiger partial charge in [-0.3, -0.25) is 0 Å². The molecule has 0 saturated heterocycles. The maximum Gasteiger partial charge on any atom is 0.350 e. The van der Waals surface area contributed by atoms with Crippen molar-refractivity contribution in [1.82, 2.24) is 0 Å². The zero-order valence-electron chi connectivity index (χ0n) is 11.6. The van der Waals surface area contributed by atoms with Gasteiger partial charge in [0, 0.05) is 9.35 Å². The number of carbonyl (C=O) groups is 1. The Hall–Kier alpha value is -1.33. The normalized spacial score (nSPS) is 11.4. The zero-order chi connectivity index (χ0) is 14.9. The van der Waals surface area contributed by atoms with E-state index in [2.05, 4.69) is 15.9 Å². The van der Waals surface area contributed by atoms with Crippen LogP contribution in [0.1, 0.15) is 30.4 Å². The van der Waals surface area contributed by atoms with Crippen molar-refractivity contribution in [3.05, 3.63) is 39.7 Å². The number of carbonyl (C=O) groups excluding carboxylic acids is 1. The molecule has 1 aromatic heterocycles. The molecule has 3 nitrogen and oxygen atoms in total. The Kier molecular flexibility index (Phi) is 4.20. The van der Waals surface area contributed by atoms with E-state index in [1.54, 1.807) is 0 Å². The van der Waals surface area contributed by atoms with Crippen molar-refractivity contribution < 1.29 is 9.53 Å². The van der Waals surface area contributed by atoms with Crippen molar-refractivity contribution in [3.8, 4) is 10.4 Å². The molecule has 0 atom stereocenters. The highest BCUT2D eigenvalue weighted by atomic mass is 79.9. The molecule has 0 bridgehead atoms. The van der Waals surface area contributed by atoms with Crippen LogP contribution < -0.4 is 5.73 Å². The van der Waals surface area contributed by atoms with E-state index < -0.39 is 5.60 Å². The highest BCUT2D eigenvalue weighted by molar-refractivity contribution is 9.10. The molecule has 2 N–H and O–H groups in total. The Labute approximate surface area is 130 Å². The summed E-state index contributed by atoms with van der Waals surface area (Å²) in [6.45, 7) is 5.51. The van der Waals surface area contributed by atoms with Crippen LogP contribution in [0.15, 0.2) is 34.8 Å². The van der Waals surface area contributed by atoms with E-state index in [0.29, 0.717) is 10.6 Å². The predicted octanol–water partition coefficient (Wildman–Crippen LogP) is 4.72. The molecule has 0 aliphatic rings. The summed E-state index contributed by atoms with van der Waals surface area (Å²) >= 11 is 4.75. The van der Waals surface area contributed by atoms with Gasteiger partial charge < -0.3 is 10.5 Å². The van der Waals surface area contributed by atoms with E-state index in [4.69, 9.17) is 10.5 Å². The summed E-state index contributed by atoms with van der Waals surface area (Å²) < 4.78 is 6.37. The molecule has 2 aromatic rings. The molecular formula is C15H16BrNO2S. The summed E-state index contributed by atoms with van der Waals surface area (Å²) in [6, 6.07) is 9.69. The molecule has 0 aliphatic carbocycles. The molecule has 0 amide bonds. The number of hydrogen-bond acceptors (Lipinski definition) is 4. The summed E-state index contributed by atoms with van der Waals surface area (Å²) in [5.74, 6) is -0.372. The van der Waals surface area contributed by atoms with Crippen LogP contribution in [-0.4, -0.2) is 11.6 Å². The Morgan fingerprint density at radius 2 is 1.85 bits per heavy atom.